The molecule has 1 N–H and O–H groups in total. The predicted molar refractivity (Wildman–Crippen MR) is 146 cm³/mol. The smallest absolute Gasteiger partial charge is 0.244 e. The van der Waals surface area contributed by atoms with Gasteiger partial charge >= 0.3 is 0 Å². The van der Waals surface area contributed by atoms with Gasteiger partial charge in [0.1, 0.15) is 25.8 Å². The Labute approximate surface area is 229 Å². The van der Waals surface area contributed by atoms with Gasteiger partial charge < -0.3 is 19.7 Å². The molecule has 0 aromatic heterocycles. The van der Waals surface area contributed by atoms with E-state index in [1.165, 1.54) is 4.90 Å². The van der Waals surface area contributed by atoms with E-state index in [2.05, 4.69) is 5.32 Å². The number of sulfonamides is 1. The van der Waals surface area contributed by atoms with Gasteiger partial charge in [-0.1, -0.05) is 49.1 Å². The van der Waals surface area contributed by atoms with Crippen molar-refractivity contribution < 1.29 is 27.5 Å². The van der Waals surface area contributed by atoms with Crippen molar-refractivity contribution >= 4 is 39.1 Å². The van der Waals surface area contributed by atoms with Gasteiger partial charge in [0.05, 0.1) is 11.9 Å². The molecule has 2 aliphatic rings. The number of nitrogens with one attached hydrogen (secondary N) is 1. The van der Waals surface area contributed by atoms with E-state index < -0.39 is 28.5 Å². The monoisotopic (exact) mass is 563 g/mol. The molecule has 2 aromatic carbocycles. The zero-order valence-electron chi connectivity index (χ0n) is 21.7. The van der Waals surface area contributed by atoms with Gasteiger partial charge in [0.2, 0.25) is 21.8 Å². The van der Waals surface area contributed by atoms with E-state index in [4.69, 9.17) is 21.1 Å². The summed E-state index contributed by atoms with van der Waals surface area (Å²) in [4.78, 5) is 28.4. The van der Waals surface area contributed by atoms with Gasteiger partial charge in [0.15, 0.2) is 11.5 Å². The Morgan fingerprint density at radius 2 is 1.74 bits per heavy atom. The fourth-order valence-electron chi connectivity index (χ4n) is 4.76. The summed E-state index contributed by atoms with van der Waals surface area (Å²) in [7, 11) is -3.86. The van der Waals surface area contributed by atoms with E-state index in [-0.39, 0.29) is 24.2 Å². The molecule has 1 atom stereocenters. The Balaban J connectivity index is 1.60. The van der Waals surface area contributed by atoms with Gasteiger partial charge in [-0.15, -0.1) is 0 Å². The largest absolute Gasteiger partial charge is 0.486 e. The van der Waals surface area contributed by atoms with Gasteiger partial charge in [-0.05, 0) is 43.5 Å². The Morgan fingerprint density at radius 3 is 2.42 bits per heavy atom. The van der Waals surface area contributed by atoms with E-state index >= 15 is 0 Å². The number of fused-ring (bicyclic) bond motifs is 1. The minimum atomic E-state index is -3.86. The first-order valence-electron chi connectivity index (χ1n) is 12.8. The number of carbonyl (C=O) groups excluding carboxylic acids is 2. The second-order valence-electron chi connectivity index (χ2n) is 9.73. The highest BCUT2D eigenvalue weighted by atomic mass is 35.5. The van der Waals surface area contributed by atoms with Crippen LogP contribution in [0.3, 0.4) is 0 Å². The predicted octanol–water partition coefficient (Wildman–Crippen LogP) is 3.74. The highest BCUT2D eigenvalue weighted by Crippen LogP contribution is 2.35. The molecule has 206 valence electrons. The van der Waals surface area contributed by atoms with Gasteiger partial charge in [0.25, 0.3) is 0 Å². The molecule has 38 heavy (non-hydrogen) atoms. The maximum atomic E-state index is 13.8. The number of ether oxygens (including phenoxy) is 2. The maximum absolute atomic E-state index is 13.8. The van der Waals surface area contributed by atoms with Crippen molar-refractivity contribution in [3.05, 3.63) is 53.1 Å². The molecule has 9 nitrogen and oxygen atoms in total. The number of hydrogen-bond donors (Lipinski definition) is 1. The molecule has 1 heterocycles. The first kappa shape index (κ1) is 28.0. The lowest BCUT2D eigenvalue weighted by atomic mass is 9.95. The van der Waals surface area contributed by atoms with Crippen molar-refractivity contribution in [2.24, 2.45) is 0 Å². The minimum absolute atomic E-state index is 0.0521. The van der Waals surface area contributed by atoms with Crippen LogP contribution in [0.2, 0.25) is 5.02 Å². The van der Waals surface area contributed by atoms with Crippen molar-refractivity contribution in [3.63, 3.8) is 0 Å². The third-order valence-electron chi connectivity index (χ3n) is 6.91. The molecule has 0 unspecified atom stereocenters. The van der Waals surface area contributed by atoms with Crippen molar-refractivity contribution in [2.75, 3.05) is 30.3 Å². The van der Waals surface area contributed by atoms with Crippen LogP contribution in [0, 0.1) is 0 Å². The van der Waals surface area contributed by atoms with Gasteiger partial charge in [-0.25, -0.2) is 8.42 Å². The Bertz CT molecular complexity index is 1270. The zero-order valence-corrected chi connectivity index (χ0v) is 23.3. The van der Waals surface area contributed by atoms with Crippen LogP contribution < -0.4 is 19.1 Å². The van der Waals surface area contributed by atoms with Crippen molar-refractivity contribution in [1.29, 1.82) is 0 Å². The summed E-state index contributed by atoms with van der Waals surface area (Å²) in [5.41, 5.74) is 0.923. The SMILES string of the molecule is C[C@H](C(=O)NC1CCCCC1)N(Cc1ccccc1Cl)C(=O)CN(c1ccc2c(c1)OCCO2)S(C)(=O)=O. The normalized spacial score (nSPS) is 16.4. The number of halogens is 1. The van der Waals surface area contributed by atoms with Crippen molar-refractivity contribution in [2.45, 2.75) is 57.7 Å². The van der Waals surface area contributed by atoms with Crippen molar-refractivity contribution in [1.82, 2.24) is 10.2 Å². The molecule has 2 aromatic rings. The van der Waals surface area contributed by atoms with Gasteiger partial charge in [-0.2, -0.15) is 0 Å². The van der Waals surface area contributed by atoms with Crippen LogP contribution in [0.5, 0.6) is 11.5 Å². The van der Waals surface area contributed by atoms with Gasteiger partial charge in [-0.3, -0.25) is 13.9 Å². The Morgan fingerprint density at radius 1 is 1.05 bits per heavy atom. The first-order chi connectivity index (χ1) is 18.1. The summed E-state index contributed by atoms with van der Waals surface area (Å²) in [5, 5.41) is 3.53. The van der Waals surface area contributed by atoms with E-state index in [1.54, 1.807) is 49.4 Å². The molecule has 1 aliphatic carbocycles. The quantitative estimate of drug-likeness (QED) is 0.498. The number of anilines is 1. The van der Waals surface area contributed by atoms with Crippen molar-refractivity contribution in [3.8, 4) is 11.5 Å². The molecule has 0 spiro atoms. The summed E-state index contributed by atoms with van der Waals surface area (Å²) < 4.78 is 37.8. The average molecular weight is 564 g/mol. The van der Waals surface area contributed by atoms with E-state index in [1.807, 2.05) is 0 Å². The lowest BCUT2D eigenvalue weighted by Crippen LogP contribution is -2.53. The maximum Gasteiger partial charge on any atom is 0.244 e. The van der Waals surface area contributed by atoms with Crippen LogP contribution in [0.25, 0.3) is 0 Å². The molecule has 1 aliphatic heterocycles. The van der Waals surface area contributed by atoms with Gasteiger partial charge in [0, 0.05) is 23.7 Å². The molecule has 0 radical (unpaired) electrons. The summed E-state index contributed by atoms with van der Waals surface area (Å²) in [6.07, 6.45) is 6.11. The molecule has 0 bridgehead atoms. The molecule has 11 heteroatoms. The average Bonchev–Trinajstić information content (AvgIpc) is 2.90. The first-order valence-corrected chi connectivity index (χ1v) is 15.1. The van der Waals surface area contributed by atoms with Crippen LogP contribution in [-0.4, -0.2) is 63.2 Å². The van der Waals surface area contributed by atoms with Crippen LogP contribution >= 0.6 is 11.6 Å². The standard InChI is InChI=1S/C27H34ClN3O6S/c1-19(27(33)29-21-9-4-3-5-10-21)30(17-20-8-6-7-11-23(20)28)26(32)18-31(38(2,34)35)22-12-13-24-25(16-22)37-15-14-36-24/h6-8,11-13,16,19,21H,3-5,9-10,14-15,17-18H2,1-2H3,(H,29,33)/t19-/m1/s1. The molecule has 1 fully saturated rings. The lowest BCUT2D eigenvalue weighted by Gasteiger charge is -2.33. The number of carbonyl (C=O) groups is 2. The van der Waals surface area contributed by atoms with Crippen LogP contribution in [0.1, 0.15) is 44.6 Å². The Kier molecular flexibility index (Phi) is 9.04. The molecule has 0 saturated heterocycles. The van der Waals surface area contributed by atoms with E-state index in [9.17, 15) is 18.0 Å². The third kappa shape index (κ3) is 6.91. The molecule has 2 amide bonds. The number of rotatable bonds is 9. The number of benzene rings is 2. The summed E-state index contributed by atoms with van der Waals surface area (Å²) in [6.45, 7) is 1.95. The Hall–Kier alpha value is -2.98. The minimum Gasteiger partial charge on any atom is -0.486 e. The van der Waals surface area contributed by atoms with Crippen LogP contribution in [0.4, 0.5) is 5.69 Å². The molecular weight excluding hydrogens is 530 g/mol. The highest BCUT2D eigenvalue weighted by Gasteiger charge is 2.32. The lowest BCUT2D eigenvalue weighted by molar-refractivity contribution is -0.139. The topological polar surface area (TPSA) is 105 Å². The third-order valence-corrected chi connectivity index (χ3v) is 8.42. The second-order valence-corrected chi connectivity index (χ2v) is 12.0. The fourth-order valence-corrected chi connectivity index (χ4v) is 5.80. The summed E-state index contributed by atoms with van der Waals surface area (Å²) in [6, 6.07) is 11.0. The second kappa shape index (κ2) is 12.3. The van der Waals surface area contributed by atoms with Crippen LogP contribution in [-0.2, 0) is 26.2 Å². The van der Waals surface area contributed by atoms with Crippen LogP contribution in [0.15, 0.2) is 42.5 Å². The summed E-state index contributed by atoms with van der Waals surface area (Å²) in [5.74, 6) is 0.107. The fraction of sp³-hybridized carbons (Fsp3) is 0.481. The zero-order chi connectivity index (χ0) is 27.3. The van der Waals surface area contributed by atoms with E-state index in [0.717, 1.165) is 42.7 Å². The number of hydrogen-bond acceptors (Lipinski definition) is 6. The number of nitrogens with zero attached hydrogens (tertiary/aromatic N) is 2. The van der Waals surface area contributed by atoms with E-state index in [0.29, 0.717) is 35.3 Å². The molecular formula is C27H34ClN3O6S. The molecule has 4 rings (SSSR count). The highest BCUT2D eigenvalue weighted by molar-refractivity contribution is 7.92. The number of amides is 2. The molecule has 1 saturated carbocycles. The summed E-state index contributed by atoms with van der Waals surface area (Å²) >= 11 is 6.38.